The number of aromatic nitrogens is 1. The summed E-state index contributed by atoms with van der Waals surface area (Å²) < 4.78 is 17.2. The van der Waals surface area contributed by atoms with E-state index < -0.39 is 0 Å². The van der Waals surface area contributed by atoms with Gasteiger partial charge in [-0.1, -0.05) is 13.3 Å². The maximum absolute atomic E-state index is 5.78. The number of rotatable bonds is 4. The van der Waals surface area contributed by atoms with E-state index in [0.717, 1.165) is 35.4 Å². The van der Waals surface area contributed by atoms with Crippen LogP contribution in [-0.4, -0.2) is 17.9 Å². The fourth-order valence-electron chi connectivity index (χ4n) is 2.10. The van der Waals surface area contributed by atoms with E-state index in [9.17, 15) is 0 Å². The summed E-state index contributed by atoms with van der Waals surface area (Å²) in [6.07, 6.45) is 3.73. The van der Waals surface area contributed by atoms with Crippen molar-refractivity contribution in [3.8, 4) is 5.75 Å². The van der Waals surface area contributed by atoms with E-state index in [1.807, 2.05) is 20.0 Å². The molecule has 19 heavy (non-hydrogen) atoms. The summed E-state index contributed by atoms with van der Waals surface area (Å²) in [6.45, 7) is 7.79. The van der Waals surface area contributed by atoms with E-state index in [1.165, 1.54) is 0 Å². The van der Waals surface area contributed by atoms with Crippen LogP contribution >= 0.6 is 12.4 Å². The molecule has 4 nitrogen and oxygen atoms in total. The molecular weight excluding hydrogens is 266 g/mol. The Balaban J connectivity index is 0.00000180. The summed E-state index contributed by atoms with van der Waals surface area (Å²) in [5.74, 6) is 0.857. The molecule has 2 rings (SSSR count). The van der Waals surface area contributed by atoms with Gasteiger partial charge < -0.3 is 14.2 Å². The standard InChI is InChI=1S/C14H21NO3.ClH/c1-4-6-13-17-8-11-7-15-10(3)14(16-5-2)12(11)9-18-13;/h7,13H,4-6,8-9H2,1-3H3;1H. The third-order valence-corrected chi connectivity index (χ3v) is 3.06. The molecule has 108 valence electrons. The van der Waals surface area contributed by atoms with Gasteiger partial charge in [0.25, 0.3) is 0 Å². The first-order chi connectivity index (χ1) is 8.76. The zero-order chi connectivity index (χ0) is 13.0. The lowest BCUT2D eigenvalue weighted by Crippen LogP contribution is -2.13. The summed E-state index contributed by atoms with van der Waals surface area (Å²) in [5, 5.41) is 0. The lowest BCUT2D eigenvalue weighted by molar-refractivity contribution is -0.152. The van der Waals surface area contributed by atoms with Gasteiger partial charge in [0.15, 0.2) is 6.29 Å². The van der Waals surface area contributed by atoms with Gasteiger partial charge in [0.05, 0.1) is 25.5 Å². The molecule has 0 bridgehead atoms. The Bertz CT molecular complexity index is 412. The van der Waals surface area contributed by atoms with Crippen molar-refractivity contribution in [3.05, 3.63) is 23.0 Å². The van der Waals surface area contributed by atoms with Crippen molar-refractivity contribution in [3.63, 3.8) is 0 Å². The van der Waals surface area contributed by atoms with E-state index >= 15 is 0 Å². The molecule has 2 heterocycles. The van der Waals surface area contributed by atoms with Gasteiger partial charge >= 0.3 is 0 Å². The number of ether oxygens (including phenoxy) is 3. The van der Waals surface area contributed by atoms with Crippen LogP contribution in [0.3, 0.4) is 0 Å². The van der Waals surface area contributed by atoms with Crippen LogP contribution in [0.5, 0.6) is 5.75 Å². The summed E-state index contributed by atoms with van der Waals surface area (Å²) in [4.78, 5) is 4.36. The lowest BCUT2D eigenvalue weighted by Gasteiger charge is -2.14. The molecule has 0 saturated heterocycles. The summed E-state index contributed by atoms with van der Waals surface area (Å²) in [6, 6.07) is 0. The number of hydrogen-bond acceptors (Lipinski definition) is 4. The molecule has 0 spiro atoms. The minimum absolute atomic E-state index is 0. The minimum atomic E-state index is -0.114. The quantitative estimate of drug-likeness (QED) is 0.851. The predicted octanol–water partition coefficient (Wildman–Crippen LogP) is 3.38. The number of halogens is 1. The van der Waals surface area contributed by atoms with Gasteiger partial charge in [-0.25, -0.2) is 0 Å². The number of aryl methyl sites for hydroxylation is 1. The Hall–Kier alpha value is -0.840. The molecule has 1 aromatic rings. The maximum Gasteiger partial charge on any atom is 0.158 e. The van der Waals surface area contributed by atoms with Crippen molar-refractivity contribution < 1.29 is 14.2 Å². The van der Waals surface area contributed by atoms with Gasteiger partial charge in [0.1, 0.15) is 5.75 Å². The molecule has 0 fully saturated rings. The van der Waals surface area contributed by atoms with Crippen molar-refractivity contribution in [2.45, 2.75) is 53.1 Å². The van der Waals surface area contributed by atoms with Gasteiger partial charge in [-0.3, -0.25) is 4.98 Å². The smallest absolute Gasteiger partial charge is 0.158 e. The third kappa shape index (κ3) is 3.81. The lowest BCUT2D eigenvalue weighted by atomic mass is 10.1. The largest absolute Gasteiger partial charge is 0.492 e. The van der Waals surface area contributed by atoms with Crippen LogP contribution in [0.1, 0.15) is 43.5 Å². The number of fused-ring (bicyclic) bond motifs is 1. The highest BCUT2D eigenvalue weighted by molar-refractivity contribution is 5.85. The number of pyridine rings is 1. The molecule has 1 unspecified atom stereocenters. The Kier molecular flexibility index (Phi) is 6.55. The molecular formula is C14H22ClNO3. The fraction of sp³-hybridized carbons (Fsp3) is 0.643. The first-order valence-electron chi connectivity index (χ1n) is 6.59. The van der Waals surface area contributed by atoms with Crippen LogP contribution in [0.4, 0.5) is 0 Å². The number of hydrogen-bond donors (Lipinski definition) is 0. The first kappa shape index (κ1) is 16.2. The van der Waals surface area contributed by atoms with Crippen molar-refractivity contribution in [2.24, 2.45) is 0 Å². The number of nitrogens with zero attached hydrogens (tertiary/aromatic N) is 1. The van der Waals surface area contributed by atoms with E-state index in [4.69, 9.17) is 14.2 Å². The van der Waals surface area contributed by atoms with Crippen LogP contribution in [-0.2, 0) is 22.7 Å². The zero-order valence-corrected chi connectivity index (χ0v) is 12.6. The molecule has 1 aliphatic heterocycles. The van der Waals surface area contributed by atoms with Crippen LogP contribution < -0.4 is 4.74 Å². The molecule has 5 heteroatoms. The molecule has 1 aromatic heterocycles. The third-order valence-electron chi connectivity index (χ3n) is 3.06. The van der Waals surface area contributed by atoms with E-state index in [1.54, 1.807) is 0 Å². The SMILES string of the molecule is CCCC1OCc2cnc(C)c(OCC)c2CO1.Cl. The highest BCUT2D eigenvalue weighted by atomic mass is 35.5. The second-order valence-electron chi connectivity index (χ2n) is 4.45. The molecule has 0 saturated carbocycles. The van der Waals surface area contributed by atoms with Crippen molar-refractivity contribution in [1.82, 2.24) is 4.98 Å². The van der Waals surface area contributed by atoms with Crippen molar-refractivity contribution in [1.29, 1.82) is 0 Å². The fourth-order valence-corrected chi connectivity index (χ4v) is 2.10. The van der Waals surface area contributed by atoms with E-state index in [0.29, 0.717) is 19.8 Å². The van der Waals surface area contributed by atoms with Crippen LogP contribution in [0, 0.1) is 6.92 Å². The Labute approximate surface area is 120 Å². The van der Waals surface area contributed by atoms with Gasteiger partial charge in [0, 0.05) is 17.3 Å². The molecule has 0 amide bonds. The average molecular weight is 288 g/mol. The van der Waals surface area contributed by atoms with Crippen LogP contribution in [0.15, 0.2) is 6.20 Å². The Morgan fingerprint density at radius 3 is 2.74 bits per heavy atom. The van der Waals surface area contributed by atoms with Crippen molar-refractivity contribution >= 4 is 12.4 Å². The Morgan fingerprint density at radius 1 is 1.32 bits per heavy atom. The van der Waals surface area contributed by atoms with Gasteiger partial charge in [-0.05, 0) is 20.3 Å². The molecule has 0 N–H and O–H groups in total. The normalized spacial score (nSPS) is 18.2. The van der Waals surface area contributed by atoms with Gasteiger partial charge in [-0.2, -0.15) is 0 Å². The maximum atomic E-state index is 5.78. The summed E-state index contributed by atoms with van der Waals surface area (Å²) in [5.41, 5.74) is 3.07. The molecule has 1 aliphatic rings. The zero-order valence-electron chi connectivity index (χ0n) is 11.8. The first-order valence-corrected chi connectivity index (χ1v) is 6.59. The molecule has 0 radical (unpaired) electrons. The highest BCUT2D eigenvalue weighted by Crippen LogP contribution is 2.30. The predicted molar refractivity (Wildman–Crippen MR) is 75.7 cm³/mol. The molecule has 1 atom stereocenters. The minimum Gasteiger partial charge on any atom is -0.492 e. The summed E-state index contributed by atoms with van der Waals surface area (Å²) >= 11 is 0. The molecule has 0 aliphatic carbocycles. The average Bonchev–Trinajstić information content (AvgIpc) is 2.57. The highest BCUT2D eigenvalue weighted by Gasteiger charge is 2.21. The van der Waals surface area contributed by atoms with Crippen molar-refractivity contribution in [2.75, 3.05) is 6.61 Å². The van der Waals surface area contributed by atoms with E-state index in [-0.39, 0.29) is 18.7 Å². The monoisotopic (exact) mass is 287 g/mol. The second kappa shape index (κ2) is 7.68. The van der Waals surface area contributed by atoms with Crippen LogP contribution in [0.25, 0.3) is 0 Å². The van der Waals surface area contributed by atoms with Gasteiger partial charge in [-0.15, -0.1) is 12.4 Å². The molecule has 0 aromatic carbocycles. The van der Waals surface area contributed by atoms with E-state index in [2.05, 4.69) is 11.9 Å². The summed E-state index contributed by atoms with van der Waals surface area (Å²) in [7, 11) is 0. The van der Waals surface area contributed by atoms with Gasteiger partial charge in [0.2, 0.25) is 0 Å². The van der Waals surface area contributed by atoms with Crippen LogP contribution in [0.2, 0.25) is 0 Å². The second-order valence-corrected chi connectivity index (χ2v) is 4.45. The Morgan fingerprint density at radius 2 is 2.05 bits per heavy atom. The topological polar surface area (TPSA) is 40.6 Å².